The lowest BCUT2D eigenvalue weighted by Gasteiger charge is -2.36. The van der Waals surface area contributed by atoms with Gasteiger partial charge in [-0.1, -0.05) is 30.3 Å². The maximum absolute atomic E-state index is 13.7. The van der Waals surface area contributed by atoms with Gasteiger partial charge in [0.2, 0.25) is 5.96 Å². The molecule has 36 heavy (non-hydrogen) atoms. The number of nitrogens with zero attached hydrogens (tertiary/aromatic N) is 4. The van der Waals surface area contributed by atoms with Crippen LogP contribution in [-0.2, 0) is 12.7 Å². The molecule has 0 spiro atoms. The number of aliphatic imine (C=N–C) groups is 1. The van der Waals surface area contributed by atoms with Crippen LogP contribution < -0.4 is 10.2 Å². The van der Waals surface area contributed by atoms with Gasteiger partial charge in [-0.15, -0.1) is 0 Å². The van der Waals surface area contributed by atoms with Crippen LogP contribution in [0.2, 0.25) is 0 Å². The van der Waals surface area contributed by atoms with Gasteiger partial charge in [0.05, 0.1) is 23.3 Å². The summed E-state index contributed by atoms with van der Waals surface area (Å²) in [4.78, 5) is 22.4. The van der Waals surface area contributed by atoms with Crippen molar-refractivity contribution in [2.24, 2.45) is 4.99 Å². The van der Waals surface area contributed by atoms with Crippen molar-refractivity contribution in [2.75, 3.05) is 17.3 Å². The smallest absolute Gasteiger partial charge is 0.341 e. The maximum atomic E-state index is 13.7. The summed E-state index contributed by atoms with van der Waals surface area (Å²) in [5.41, 5.74) is 3.14. The van der Waals surface area contributed by atoms with Crippen molar-refractivity contribution in [3.05, 3.63) is 77.0 Å². The van der Waals surface area contributed by atoms with Crippen LogP contribution in [-0.4, -0.2) is 40.5 Å². The quantitative estimate of drug-likeness (QED) is 0.501. The number of hydrogen-bond donors (Lipinski definition) is 1. The molecule has 1 amide bonds. The van der Waals surface area contributed by atoms with Gasteiger partial charge in [0.1, 0.15) is 11.4 Å². The average Bonchev–Trinajstić information content (AvgIpc) is 3.52. The standard InChI is InChI=1S/C27H26F3N5O/c1-16-23-22(25(36)33(2)26-32-20-9-6-10-21(20)35(23)26)24(31-19-7-4-3-5-8-19)34(16)15-17-11-13-18(14-12-17)27(28,29)30/h3-5,7-8,11-14,20-21,31H,6,9-10,15H2,1-2H3. The van der Waals surface area contributed by atoms with Gasteiger partial charge in [-0.2, -0.15) is 13.2 Å². The van der Waals surface area contributed by atoms with E-state index in [1.165, 1.54) is 12.1 Å². The minimum absolute atomic E-state index is 0.146. The Hall–Kier alpha value is -3.75. The summed E-state index contributed by atoms with van der Waals surface area (Å²) < 4.78 is 41.3. The van der Waals surface area contributed by atoms with Crippen molar-refractivity contribution in [1.82, 2.24) is 9.47 Å². The first-order chi connectivity index (χ1) is 17.2. The number of aromatic nitrogens is 1. The summed E-state index contributed by atoms with van der Waals surface area (Å²) in [5.74, 6) is 1.17. The number of fused-ring (bicyclic) bond motifs is 5. The molecule has 1 N–H and O–H groups in total. The normalized spacial score (nSPS) is 20.8. The number of amides is 1. The number of guanidine groups is 1. The molecule has 6 rings (SSSR count). The number of para-hydroxylation sites is 1. The van der Waals surface area contributed by atoms with Crippen molar-refractivity contribution in [3.8, 4) is 0 Å². The molecule has 186 valence electrons. The Bertz CT molecular complexity index is 1360. The van der Waals surface area contributed by atoms with Crippen LogP contribution in [0.25, 0.3) is 0 Å². The number of anilines is 3. The van der Waals surface area contributed by atoms with Gasteiger partial charge < -0.3 is 14.8 Å². The Labute approximate surface area is 207 Å². The van der Waals surface area contributed by atoms with Crippen LogP contribution in [0, 0.1) is 6.92 Å². The zero-order chi connectivity index (χ0) is 25.2. The van der Waals surface area contributed by atoms with Gasteiger partial charge >= 0.3 is 6.18 Å². The highest BCUT2D eigenvalue weighted by Gasteiger charge is 2.49. The fourth-order valence-corrected chi connectivity index (χ4v) is 5.69. The van der Waals surface area contributed by atoms with Gasteiger partial charge in [-0.05, 0) is 56.0 Å². The van der Waals surface area contributed by atoms with Crippen molar-refractivity contribution in [1.29, 1.82) is 0 Å². The molecule has 1 aliphatic carbocycles. The first-order valence-electron chi connectivity index (χ1n) is 12.1. The van der Waals surface area contributed by atoms with E-state index in [0.29, 0.717) is 29.4 Å². The van der Waals surface area contributed by atoms with Crippen molar-refractivity contribution in [3.63, 3.8) is 0 Å². The van der Waals surface area contributed by atoms with Crippen LogP contribution in [0.1, 0.15) is 46.4 Å². The van der Waals surface area contributed by atoms with Crippen LogP contribution in [0.5, 0.6) is 0 Å². The Balaban J connectivity index is 1.49. The fraction of sp³-hybridized carbons (Fsp3) is 0.333. The Morgan fingerprint density at radius 1 is 1.06 bits per heavy atom. The molecule has 9 heteroatoms. The Morgan fingerprint density at radius 2 is 1.78 bits per heavy atom. The highest BCUT2D eigenvalue weighted by molar-refractivity contribution is 6.22. The molecular weight excluding hydrogens is 467 g/mol. The molecule has 1 fully saturated rings. The van der Waals surface area contributed by atoms with Gasteiger partial charge in [0.25, 0.3) is 5.91 Å². The third-order valence-corrected chi connectivity index (χ3v) is 7.48. The van der Waals surface area contributed by atoms with E-state index in [1.54, 1.807) is 11.9 Å². The molecule has 0 bridgehead atoms. The average molecular weight is 494 g/mol. The van der Waals surface area contributed by atoms with E-state index in [9.17, 15) is 18.0 Å². The summed E-state index contributed by atoms with van der Waals surface area (Å²) in [6.07, 6.45) is -1.29. The summed E-state index contributed by atoms with van der Waals surface area (Å²) in [6.45, 7) is 2.29. The maximum Gasteiger partial charge on any atom is 0.416 e. The zero-order valence-electron chi connectivity index (χ0n) is 20.0. The van der Waals surface area contributed by atoms with E-state index in [-0.39, 0.29) is 18.0 Å². The third-order valence-electron chi connectivity index (χ3n) is 7.48. The fourth-order valence-electron chi connectivity index (χ4n) is 5.69. The minimum atomic E-state index is -4.39. The van der Waals surface area contributed by atoms with E-state index in [2.05, 4.69) is 10.2 Å². The molecule has 3 aliphatic rings. The Kier molecular flexibility index (Phi) is 5.14. The lowest BCUT2D eigenvalue weighted by molar-refractivity contribution is -0.137. The highest BCUT2D eigenvalue weighted by Crippen LogP contribution is 2.46. The van der Waals surface area contributed by atoms with Gasteiger partial charge in [-0.3, -0.25) is 9.69 Å². The summed E-state index contributed by atoms with van der Waals surface area (Å²) in [5, 5.41) is 3.44. The number of hydrogen-bond acceptors (Lipinski definition) is 4. The molecule has 2 aromatic carbocycles. The first kappa shape index (κ1) is 22.7. The topological polar surface area (TPSA) is 52.9 Å². The van der Waals surface area contributed by atoms with Gasteiger partial charge in [0.15, 0.2) is 0 Å². The van der Waals surface area contributed by atoms with Crippen molar-refractivity contribution >= 4 is 29.1 Å². The molecule has 2 unspecified atom stereocenters. The molecule has 1 saturated carbocycles. The molecule has 2 aliphatic heterocycles. The van der Waals surface area contributed by atoms with E-state index in [4.69, 9.17) is 4.99 Å². The van der Waals surface area contributed by atoms with E-state index in [0.717, 1.165) is 48.5 Å². The molecule has 3 heterocycles. The van der Waals surface area contributed by atoms with Crippen LogP contribution in [0.3, 0.4) is 0 Å². The monoisotopic (exact) mass is 493 g/mol. The number of carbonyl (C=O) groups is 1. The second-order valence-electron chi connectivity index (χ2n) is 9.66. The molecule has 6 nitrogen and oxygen atoms in total. The van der Waals surface area contributed by atoms with E-state index in [1.807, 2.05) is 41.8 Å². The SMILES string of the molecule is Cc1c2c(c(Nc3ccccc3)n1Cc1ccc(C(F)(F)F)cc1)C(=O)N(C)C1=NC3CCCC3N12. The van der Waals surface area contributed by atoms with Crippen molar-refractivity contribution < 1.29 is 18.0 Å². The minimum Gasteiger partial charge on any atom is -0.341 e. The van der Waals surface area contributed by atoms with Crippen molar-refractivity contribution in [2.45, 2.75) is 51.0 Å². The number of carbonyl (C=O) groups excluding carboxylic acids is 1. The first-order valence-corrected chi connectivity index (χ1v) is 12.1. The number of rotatable bonds is 4. The third kappa shape index (κ3) is 3.48. The van der Waals surface area contributed by atoms with E-state index < -0.39 is 11.7 Å². The Morgan fingerprint density at radius 3 is 2.47 bits per heavy atom. The molecule has 0 radical (unpaired) electrons. The highest BCUT2D eigenvalue weighted by atomic mass is 19.4. The second-order valence-corrected chi connectivity index (χ2v) is 9.66. The molecular formula is C27H26F3N5O. The molecule has 0 saturated heterocycles. The number of halogens is 3. The summed E-state index contributed by atoms with van der Waals surface area (Å²) in [6, 6.07) is 15.2. The lowest BCUT2D eigenvalue weighted by Crippen LogP contribution is -2.51. The summed E-state index contributed by atoms with van der Waals surface area (Å²) in [7, 11) is 1.76. The predicted octanol–water partition coefficient (Wildman–Crippen LogP) is 5.79. The zero-order valence-corrected chi connectivity index (χ0v) is 20.0. The lowest BCUT2D eigenvalue weighted by atomic mass is 10.1. The summed E-state index contributed by atoms with van der Waals surface area (Å²) >= 11 is 0. The van der Waals surface area contributed by atoms with Gasteiger partial charge in [0, 0.05) is 25.0 Å². The number of nitrogens with one attached hydrogen (secondary N) is 1. The van der Waals surface area contributed by atoms with Crippen LogP contribution in [0.15, 0.2) is 59.6 Å². The second kappa shape index (κ2) is 8.15. The van der Waals surface area contributed by atoms with Crippen LogP contribution >= 0.6 is 0 Å². The van der Waals surface area contributed by atoms with E-state index >= 15 is 0 Å². The predicted molar refractivity (Wildman–Crippen MR) is 133 cm³/mol. The van der Waals surface area contributed by atoms with Crippen LogP contribution in [0.4, 0.5) is 30.4 Å². The largest absolute Gasteiger partial charge is 0.416 e. The number of benzene rings is 2. The number of alkyl halides is 3. The molecule has 1 aromatic heterocycles. The molecule has 2 atom stereocenters. The van der Waals surface area contributed by atoms with Gasteiger partial charge in [-0.25, -0.2) is 4.99 Å². The molecule has 3 aromatic rings.